The molecule has 10 aromatic rings. The molecule has 0 bridgehead atoms. The van der Waals surface area contributed by atoms with Crippen molar-refractivity contribution < 1.29 is 0 Å². The minimum Gasteiger partial charge on any atom is -0.294 e. The second kappa shape index (κ2) is 11.0. The van der Waals surface area contributed by atoms with Crippen LogP contribution >= 0.6 is 0 Å². The topological polar surface area (TPSA) is 30.7 Å². The molecule has 0 atom stereocenters. The van der Waals surface area contributed by atoms with Gasteiger partial charge in [-0.05, 0) is 97.0 Å². The zero-order valence-corrected chi connectivity index (χ0v) is 26.6. The van der Waals surface area contributed by atoms with Gasteiger partial charge in [0.1, 0.15) is 5.65 Å². The van der Waals surface area contributed by atoms with Gasteiger partial charge >= 0.3 is 0 Å². The molecular weight excluding hydrogens is 595 g/mol. The number of para-hydroxylation sites is 1. The highest BCUT2D eigenvalue weighted by Gasteiger charge is 2.18. The van der Waals surface area contributed by atoms with Gasteiger partial charge in [0, 0.05) is 46.2 Å². The molecule has 228 valence electrons. The van der Waals surface area contributed by atoms with Gasteiger partial charge in [0.15, 0.2) is 0 Å². The molecule has 0 aliphatic rings. The molecule has 3 nitrogen and oxygen atoms in total. The van der Waals surface area contributed by atoms with Crippen LogP contribution in [-0.4, -0.2) is 14.5 Å². The van der Waals surface area contributed by atoms with Gasteiger partial charge in [-0.25, -0.2) is 4.98 Å². The van der Waals surface area contributed by atoms with E-state index in [2.05, 4.69) is 156 Å². The number of nitrogens with zero attached hydrogens (tertiary/aromatic N) is 3. The highest BCUT2D eigenvalue weighted by Crippen LogP contribution is 2.44. The predicted molar refractivity (Wildman–Crippen MR) is 205 cm³/mol. The van der Waals surface area contributed by atoms with Crippen molar-refractivity contribution in [2.75, 3.05) is 0 Å². The maximum absolute atomic E-state index is 4.84. The van der Waals surface area contributed by atoms with E-state index in [1.165, 1.54) is 54.4 Å². The molecule has 3 aromatic heterocycles. The lowest BCUT2D eigenvalue weighted by Gasteiger charge is -2.18. The van der Waals surface area contributed by atoms with Crippen LogP contribution in [0.5, 0.6) is 0 Å². The second-order valence-electron chi connectivity index (χ2n) is 12.6. The van der Waals surface area contributed by atoms with Crippen LogP contribution in [-0.2, 0) is 0 Å². The Morgan fingerprint density at radius 2 is 1.02 bits per heavy atom. The van der Waals surface area contributed by atoms with Gasteiger partial charge in [0.25, 0.3) is 0 Å². The number of hydrogen-bond acceptors (Lipinski definition) is 2. The first-order chi connectivity index (χ1) is 24.3. The van der Waals surface area contributed by atoms with E-state index < -0.39 is 0 Å². The number of aromatic nitrogens is 3. The van der Waals surface area contributed by atoms with Gasteiger partial charge in [0.05, 0.1) is 5.52 Å². The Labute approximate surface area is 283 Å². The maximum atomic E-state index is 4.84. The van der Waals surface area contributed by atoms with Crippen LogP contribution in [0.25, 0.3) is 93.3 Å². The standard InChI is InChI=1S/C46H29N3/c1-2-12-31-25-33(23-22-30(31)11-1)44-38-16-3-5-18-40(38)45(41-19-6-4-17-39(41)44)35-26-34(28-47-29-35)32-13-9-14-36(27-32)49-43-21-8-7-15-37(43)42-20-10-24-48-46(42)49/h1-29H. The van der Waals surface area contributed by atoms with E-state index in [1.807, 2.05) is 24.7 Å². The molecule has 0 aliphatic heterocycles. The van der Waals surface area contributed by atoms with Crippen molar-refractivity contribution in [2.24, 2.45) is 0 Å². The predicted octanol–water partition coefficient (Wildman–Crippen LogP) is 12.0. The Balaban J connectivity index is 1.16. The quantitative estimate of drug-likeness (QED) is 0.183. The zero-order valence-electron chi connectivity index (χ0n) is 26.6. The molecule has 0 fully saturated rings. The van der Waals surface area contributed by atoms with Crippen molar-refractivity contribution in [1.29, 1.82) is 0 Å². The van der Waals surface area contributed by atoms with Gasteiger partial charge < -0.3 is 0 Å². The minimum absolute atomic E-state index is 0.956. The van der Waals surface area contributed by atoms with Crippen LogP contribution < -0.4 is 0 Å². The van der Waals surface area contributed by atoms with E-state index in [4.69, 9.17) is 9.97 Å². The fourth-order valence-corrected chi connectivity index (χ4v) is 7.71. The Hall–Kier alpha value is -6.58. The van der Waals surface area contributed by atoms with E-state index in [9.17, 15) is 0 Å². The molecule has 0 spiro atoms. The first-order valence-electron chi connectivity index (χ1n) is 16.6. The minimum atomic E-state index is 0.956. The maximum Gasteiger partial charge on any atom is 0.145 e. The van der Waals surface area contributed by atoms with Gasteiger partial charge in [-0.3, -0.25) is 9.55 Å². The largest absolute Gasteiger partial charge is 0.294 e. The van der Waals surface area contributed by atoms with Crippen molar-refractivity contribution in [1.82, 2.24) is 14.5 Å². The van der Waals surface area contributed by atoms with Crippen LogP contribution in [0.2, 0.25) is 0 Å². The number of pyridine rings is 2. The summed E-state index contributed by atoms with van der Waals surface area (Å²) in [7, 11) is 0. The number of fused-ring (bicyclic) bond motifs is 6. The molecule has 0 unspecified atom stereocenters. The average Bonchev–Trinajstić information content (AvgIpc) is 3.51. The molecule has 10 rings (SSSR count). The van der Waals surface area contributed by atoms with Crippen LogP contribution in [0, 0.1) is 0 Å². The molecule has 0 aliphatic carbocycles. The SMILES string of the molecule is c1cc(-c2cncc(-c3c4ccccc4c(-c4ccc5ccccc5c4)c4ccccc34)c2)cc(-n2c3ccccc3c3cccnc32)c1. The summed E-state index contributed by atoms with van der Waals surface area (Å²) >= 11 is 0. The van der Waals surface area contributed by atoms with Crippen molar-refractivity contribution in [3.8, 4) is 39.1 Å². The smallest absolute Gasteiger partial charge is 0.145 e. The van der Waals surface area contributed by atoms with E-state index in [1.54, 1.807) is 0 Å². The summed E-state index contributed by atoms with van der Waals surface area (Å²) in [5.41, 5.74) is 10.1. The first-order valence-corrected chi connectivity index (χ1v) is 16.6. The molecule has 0 saturated carbocycles. The van der Waals surface area contributed by atoms with E-state index in [0.717, 1.165) is 38.9 Å². The fraction of sp³-hybridized carbons (Fsp3) is 0. The number of hydrogen-bond donors (Lipinski definition) is 0. The van der Waals surface area contributed by atoms with E-state index in [0.29, 0.717) is 0 Å². The summed E-state index contributed by atoms with van der Waals surface area (Å²) in [5.74, 6) is 0. The Morgan fingerprint density at radius 3 is 1.80 bits per heavy atom. The average molecular weight is 624 g/mol. The summed E-state index contributed by atoms with van der Waals surface area (Å²) in [6.45, 7) is 0. The molecule has 3 heteroatoms. The van der Waals surface area contributed by atoms with Crippen molar-refractivity contribution in [2.45, 2.75) is 0 Å². The molecule has 3 heterocycles. The van der Waals surface area contributed by atoms with Gasteiger partial charge in [-0.1, -0.05) is 115 Å². The monoisotopic (exact) mass is 623 g/mol. The highest BCUT2D eigenvalue weighted by atomic mass is 15.0. The first kappa shape index (κ1) is 27.5. The van der Waals surface area contributed by atoms with Crippen LogP contribution in [0.15, 0.2) is 176 Å². The molecule has 0 radical (unpaired) electrons. The lowest BCUT2D eigenvalue weighted by atomic mass is 9.85. The van der Waals surface area contributed by atoms with Crippen molar-refractivity contribution >= 4 is 54.3 Å². The Bertz CT molecular complexity index is 2790. The fourth-order valence-electron chi connectivity index (χ4n) is 7.71. The molecular formula is C46H29N3. The van der Waals surface area contributed by atoms with Crippen molar-refractivity contribution in [3.05, 3.63) is 176 Å². The highest BCUT2D eigenvalue weighted by molar-refractivity contribution is 6.21. The Morgan fingerprint density at radius 1 is 0.388 bits per heavy atom. The third-order valence-corrected chi connectivity index (χ3v) is 9.87. The van der Waals surface area contributed by atoms with E-state index >= 15 is 0 Å². The lowest BCUT2D eigenvalue weighted by molar-refractivity contribution is 1.14. The van der Waals surface area contributed by atoms with Crippen LogP contribution in [0.4, 0.5) is 0 Å². The molecule has 49 heavy (non-hydrogen) atoms. The Kier molecular flexibility index (Phi) is 6.18. The third kappa shape index (κ3) is 4.37. The second-order valence-corrected chi connectivity index (χ2v) is 12.6. The normalized spacial score (nSPS) is 11.7. The zero-order chi connectivity index (χ0) is 32.3. The lowest BCUT2D eigenvalue weighted by Crippen LogP contribution is -1.96. The van der Waals surface area contributed by atoms with Crippen LogP contribution in [0.3, 0.4) is 0 Å². The van der Waals surface area contributed by atoms with E-state index in [-0.39, 0.29) is 0 Å². The third-order valence-electron chi connectivity index (χ3n) is 9.87. The summed E-state index contributed by atoms with van der Waals surface area (Å²) in [5, 5.41) is 9.74. The summed E-state index contributed by atoms with van der Waals surface area (Å²) in [6, 6.07) is 56.7. The molecule has 0 saturated heterocycles. The molecule has 7 aromatic carbocycles. The van der Waals surface area contributed by atoms with Crippen molar-refractivity contribution in [3.63, 3.8) is 0 Å². The summed E-state index contributed by atoms with van der Waals surface area (Å²) < 4.78 is 2.26. The molecule has 0 N–H and O–H groups in total. The van der Waals surface area contributed by atoms with Gasteiger partial charge in [0.2, 0.25) is 0 Å². The summed E-state index contributed by atoms with van der Waals surface area (Å²) in [4.78, 5) is 9.64. The number of rotatable bonds is 4. The summed E-state index contributed by atoms with van der Waals surface area (Å²) in [6.07, 6.45) is 5.85. The van der Waals surface area contributed by atoms with Gasteiger partial charge in [-0.2, -0.15) is 0 Å². The number of benzene rings is 7. The van der Waals surface area contributed by atoms with Gasteiger partial charge in [-0.15, -0.1) is 0 Å². The van der Waals surface area contributed by atoms with Crippen LogP contribution in [0.1, 0.15) is 0 Å². The molecule has 0 amide bonds.